The highest BCUT2D eigenvalue weighted by Crippen LogP contribution is 2.31. The molecule has 3 fully saturated rings. The standard InChI is InChI=1S/C20H27N3O2.ClH/c24-19(15-5-2-1-3-6-15)22-12-4-7-16(14-22)20(25)23-17-8-9-18(23)13-21-11-10-17;/h1-3,5-6,16-18,21H,4,7-14H2;1H. The molecule has 1 aromatic carbocycles. The first-order valence-corrected chi connectivity index (χ1v) is 9.61. The molecule has 3 saturated heterocycles. The summed E-state index contributed by atoms with van der Waals surface area (Å²) in [5, 5.41) is 3.46. The van der Waals surface area contributed by atoms with Crippen molar-refractivity contribution in [1.29, 1.82) is 0 Å². The maximum atomic E-state index is 13.2. The van der Waals surface area contributed by atoms with Gasteiger partial charge in [-0.2, -0.15) is 0 Å². The minimum absolute atomic E-state index is 0. The highest BCUT2D eigenvalue weighted by atomic mass is 35.5. The third-order valence-electron chi connectivity index (χ3n) is 5.99. The van der Waals surface area contributed by atoms with E-state index in [4.69, 9.17) is 0 Å². The molecule has 1 N–H and O–H groups in total. The number of rotatable bonds is 2. The van der Waals surface area contributed by atoms with Crippen molar-refractivity contribution >= 4 is 24.2 Å². The number of nitrogens with one attached hydrogen (secondary N) is 1. The Morgan fingerprint density at radius 1 is 1.00 bits per heavy atom. The lowest BCUT2D eigenvalue weighted by molar-refractivity contribution is -0.139. The van der Waals surface area contributed by atoms with Crippen LogP contribution in [0.1, 0.15) is 42.5 Å². The fraction of sp³-hybridized carbons (Fsp3) is 0.600. The van der Waals surface area contributed by atoms with Gasteiger partial charge in [0.05, 0.1) is 5.92 Å². The molecule has 142 valence electrons. The Hall–Kier alpha value is -1.59. The van der Waals surface area contributed by atoms with E-state index in [9.17, 15) is 9.59 Å². The average molecular weight is 378 g/mol. The summed E-state index contributed by atoms with van der Waals surface area (Å²) in [4.78, 5) is 30.0. The minimum Gasteiger partial charge on any atom is -0.338 e. The topological polar surface area (TPSA) is 52.7 Å². The molecule has 3 unspecified atom stereocenters. The first-order valence-electron chi connectivity index (χ1n) is 9.61. The first-order chi connectivity index (χ1) is 12.2. The van der Waals surface area contributed by atoms with Crippen LogP contribution in [0.3, 0.4) is 0 Å². The molecule has 26 heavy (non-hydrogen) atoms. The van der Waals surface area contributed by atoms with Gasteiger partial charge in [0.25, 0.3) is 5.91 Å². The van der Waals surface area contributed by atoms with Gasteiger partial charge in [0.1, 0.15) is 0 Å². The van der Waals surface area contributed by atoms with Crippen molar-refractivity contribution in [2.24, 2.45) is 5.92 Å². The van der Waals surface area contributed by atoms with Crippen molar-refractivity contribution in [3.8, 4) is 0 Å². The normalized spacial score (nSPS) is 28.2. The molecule has 0 aliphatic carbocycles. The maximum Gasteiger partial charge on any atom is 0.253 e. The number of hydrogen-bond acceptors (Lipinski definition) is 3. The lowest BCUT2D eigenvalue weighted by Crippen LogP contribution is -2.50. The molecule has 0 spiro atoms. The van der Waals surface area contributed by atoms with Crippen LogP contribution in [0.5, 0.6) is 0 Å². The molecule has 0 saturated carbocycles. The summed E-state index contributed by atoms with van der Waals surface area (Å²) in [6.07, 6.45) is 5.12. The van der Waals surface area contributed by atoms with Crippen molar-refractivity contribution in [1.82, 2.24) is 15.1 Å². The number of nitrogens with zero attached hydrogens (tertiary/aromatic N) is 2. The molecular weight excluding hydrogens is 350 g/mol. The number of likely N-dealkylation sites (tertiary alicyclic amines) is 1. The highest BCUT2D eigenvalue weighted by molar-refractivity contribution is 5.94. The smallest absolute Gasteiger partial charge is 0.253 e. The van der Waals surface area contributed by atoms with Crippen molar-refractivity contribution in [3.63, 3.8) is 0 Å². The number of piperidine rings is 1. The van der Waals surface area contributed by atoms with Crippen LogP contribution in [0.25, 0.3) is 0 Å². The van der Waals surface area contributed by atoms with Gasteiger partial charge < -0.3 is 15.1 Å². The lowest BCUT2D eigenvalue weighted by atomic mass is 9.95. The van der Waals surface area contributed by atoms with Crippen LogP contribution in [-0.4, -0.2) is 59.9 Å². The average Bonchev–Trinajstić information content (AvgIpc) is 2.94. The van der Waals surface area contributed by atoms with E-state index in [0.29, 0.717) is 18.6 Å². The van der Waals surface area contributed by atoms with Crippen LogP contribution < -0.4 is 5.32 Å². The molecule has 4 rings (SSSR count). The van der Waals surface area contributed by atoms with Crippen LogP contribution >= 0.6 is 12.4 Å². The van der Waals surface area contributed by atoms with Gasteiger partial charge in [-0.05, 0) is 50.8 Å². The van der Waals surface area contributed by atoms with E-state index in [1.54, 1.807) is 0 Å². The van der Waals surface area contributed by atoms with Crippen molar-refractivity contribution in [2.45, 2.75) is 44.2 Å². The van der Waals surface area contributed by atoms with E-state index >= 15 is 0 Å². The van der Waals surface area contributed by atoms with E-state index in [2.05, 4.69) is 10.2 Å². The van der Waals surface area contributed by atoms with Crippen LogP contribution in [0.2, 0.25) is 0 Å². The summed E-state index contributed by atoms with van der Waals surface area (Å²) in [6, 6.07) is 10.2. The maximum absolute atomic E-state index is 13.2. The Morgan fingerprint density at radius 2 is 1.77 bits per heavy atom. The molecule has 0 radical (unpaired) electrons. The van der Waals surface area contributed by atoms with E-state index in [-0.39, 0.29) is 30.1 Å². The van der Waals surface area contributed by atoms with Crippen LogP contribution in [0.15, 0.2) is 30.3 Å². The predicted molar refractivity (Wildman–Crippen MR) is 103 cm³/mol. The number of benzene rings is 1. The zero-order chi connectivity index (χ0) is 17.2. The highest BCUT2D eigenvalue weighted by Gasteiger charge is 2.41. The molecule has 6 heteroatoms. The van der Waals surface area contributed by atoms with Crippen molar-refractivity contribution in [2.75, 3.05) is 26.2 Å². The van der Waals surface area contributed by atoms with E-state index in [1.807, 2.05) is 35.2 Å². The fourth-order valence-corrected chi connectivity index (χ4v) is 4.68. The van der Waals surface area contributed by atoms with Crippen molar-refractivity contribution < 1.29 is 9.59 Å². The molecule has 3 aliphatic heterocycles. The summed E-state index contributed by atoms with van der Waals surface area (Å²) in [6.45, 7) is 3.25. The van der Waals surface area contributed by atoms with Crippen LogP contribution in [0.4, 0.5) is 0 Å². The first kappa shape index (κ1) is 19.2. The molecule has 0 aromatic heterocycles. The molecule has 5 nitrogen and oxygen atoms in total. The number of amides is 2. The zero-order valence-corrected chi connectivity index (χ0v) is 15.9. The van der Waals surface area contributed by atoms with E-state index in [1.165, 1.54) is 0 Å². The SMILES string of the molecule is Cl.O=C(c1ccccc1)N1CCCC(C(=O)N2C3CCNCC2CC3)C1. The van der Waals surface area contributed by atoms with E-state index in [0.717, 1.165) is 57.3 Å². The summed E-state index contributed by atoms with van der Waals surface area (Å²) in [5.41, 5.74) is 0.717. The summed E-state index contributed by atoms with van der Waals surface area (Å²) >= 11 is 0. The second kappa shape index (κ2) is 8.40. The van der Waals surface area contributed by atoms with Crippen LogP contribution in [0, 0.1) is 5.92 Å². The largest absolute Gasteiger partial charge is 0.338 e. The number of carbonyl (C=O) groups excluding carboxylic acids is 2. The van der Waals surface area contributed by atoms with Gasteiger partial charge in [0.2, 0.25) is 5.91 Å². The Bertz CT molecular complexity index is 625. The number of halogens is 1. The van der Waals surface area contributed by atoms with Gasteiger partial charge in [0.15, 0.2) is 0 Å². The number of carbonyl (C=O) groups is 2. The molecular formula is C20H28ClN3O2. The predicted octanol–water partition coefficient (Wildman–Crippen LogP) is 2.31. The van der Waals surface area contributed by atoms with Gasteiger partial charge >= 0.3 is 0 Å². The second-order valence-electron chi connectivity index (χ2n) is 7.58. The zero-order valence-electron chi connectivity index (χ0n) is 15.1. The third kappa shape index (κ3) is 3.74. The van der Waals surface area contributed by atoms with Gasteiger partial charge in [-0.3, -0.25) is 9.59 Å². The minimum atomic E-state index is -0.0392. The van der Waals surface area contributed by atoms with E-state index < -0.39 is 0 Å². The van der Waals surface area contributed by atoms with Crippen molar-refractivity contribution in [3.05, 3.63) is 35.9 Å². The Morgan fingerprint density at radius 3 is 2.58 bits per heavy atom. The third-order valence-corrected chi connectivity index (χ3v) is 5.99. The van der Waals surface area contributed by atoms with Gasteiger partial charge in [-0.1, -0.05) is 18.2 Å². The van der Waals surface area contributed by atoms with Crippen LogP contribution in [-0.2, 0) is 4.79 Å². The molecule has 1 aromatic rings. The summed E-state index contributed by atoms with van der Waals surface area (Å²) in [7, 11) is 0. The number of hydrogen-bond donors (Lipinski definition) is 1. The fourth-order valence-electron chi connectivity index (χ4n) is 4.68. The quantitative estimate of drug-likeness (QED) is 0.860. The Labute approximate surface area is 161 Å². The van der Waals surface area contributed by atoms with Gasteiger partial charge in [-0.25, -0.2) is 0 Å². The van der Waals surface area contributed by atoms with Gasteiger partial charge in [0, 0.05) is 37.3 Å². The molecule has 2 amide bonds. The monoisotopic (exact) mass is 377 g/mol. The second-order valence-corrected chi connectivity index (χ2v) is 7.58. The lowest BCUT2D eigenvalue weighted by Gasteiger charge is -2.37. The molecule has 3 atom stereocenters. The van der Waals surface area contributed by atoms with Gasteiger partial charge in [-0.15, -0.1) is 12.4 Å². The summed E-state index contributed by atoms with van der Waals surface area (Å²) < 4.78 is 0. The molecule has 3 aliphatic rings. The Balaban J connectivity index is 0.00000196. The molecule has 2 bridgehead atoms. The number of fused-ring (bicyclic) bond motifs is 2. The molecule has 3 heterocycles. The summed E-state index contributed by atoms with van der Waals surface area (Å²) in [5.74, 6) is 0.294. The Kier molecular flexibility index (Phi) is 6.20.